The van der Waals surface area contributed by atoms with Gasteiger partial charge in [-0.05, 0) is 48.0 Å². The minimum Gasteiger partial charge on any atom is -0.489 e. The molecular formula is C21H15F2N5O2. The Kier molecular flexibility index (Phi) is 5.17. The highest BCUT2D eigenvalue weighted by atomic mass is 19.2. The highest BCUT2D eigenvalue weighted by Crippen LogP contribution is 2.23. The van der Waals surface area contributed by atoms with Crippen LogP contribution in [0.5, 0.6) is 5.75 Å². The van der Waals surface area contributed by atoms with Gasteiger partial charge in [0.25, 0.3) is 5.91 Å². The van der Waals surface area contributed by atoms with Crippen LogP contribution in [0.2, 0.25) is 0 Å². The van der Waals surface area contributed by atoms with Gasteiger partial charge in [-0.15, -0.1) is 0 Å². The molecule has 0 unspecified atom stereocenters. The molecule has 150 valence electrons. The van der Waals surface area contributed by atoms with Crippen molar-refractivity contribution in [1.29, 1.82) is 0 Å². The molecule has 0 atom stereocenters. The van der Waals surface area contributed by atoms with E-state index in [4.69, 9.17) is 10.5 Å². The van der Waals surface area contributed by atoms with Gasteiger partial charge in [0.05, 0.1) is 11.2 Å². The van der Waals surface area contributed by atoms with Crippen LogP contribution < -0.4 is 15.8 Å². The molecule has 2 heterocycles. The molecule has 0 saturated carbocycles. The van der Waals surface area contributed by atoms with Crippen LogP contribution in [0.25, 0.3) is 10.9 Å². The second-order valence-corrected chi connectivity index (χ2v) is 6.34. The molecule has 30 heavy (non-hydrogen) atoms. The van der Waals surface area contributed by atoms with Crippen molar-refractivity contribution in [3.63, 3.8) is 0 Å². The van der Waals surface area contributed by atoms with Gasteiger partial charge in [0.15, 0.2) is 11.6 Å². The molecule has 0 spiro atoms. The molecule has 0 bridgehead atoms. The molecule has 7 nitrogen and oxygen atoms in total. The fourth-order valence-electron chi connectivity index (χ4n) is 2.75. The number of fused-ring (bicyclic) bond motifs is 1. The highest BCUT2D eigenvalue weighted by Gasteiger charge is 2.10. The number of hydrogen-bond donors (Lipinski definition) is 2. The van der Waals surface area contributed by atoms with Gasteiger partial charge in [-0.3, -0.25) is 9.78 Å². The largest absolute Gasteiger partial charge is 0.489 e. The zero-order chi connectivity index (χ0) is 21.1. The summed E-state index contributed by atoms with van der Waals surface area (Å²) in [5, 5.41) is 3.37. The molecule has 4 aromatic rings. The molecule has 0 fully saturated rings. The van der Waals surface area contributed by atoms with E-state index in [1.807, 2.05) is 0 Å². The molecule has 1 amide bonds. The molecule has 2 aromatic heterocycles. The van der Waals surface area contributed by atoms with Crippen LogP contribution in [-0.4, -0.2) is 20.9 Å². The standard InChI is InChI=1S/C21H15F2N5O2/c22-15-2-1-3-17(19(15)23)28-21-26-10-13-9-14(4-5-16(13)27-21)30-11-12-6-7-25-18(8-12)20(24)29/h1-10H,11H2,(H2,24,29)(H,26,27,28). The van der Waals surface area contributed by atoms with E-state index in [1.54, 1.807) is 36.5 Å². The number of nitrogens with zero attached hydrogens (tertiary/aromatic N) is 3. The Morgan fingerprint density at radius 3 is 2.80 bits per heavy atom. The summed E-state index contributed by atoms with van der Waals surface area (Å²) in [5.74, 6) is -1.86. The normalized spacial score (nSPS) is 10.7. The van der Waals surface area contributed by atoms with Crippen molar-refractivity contribution in [3.05, 3.63) is 83.8 Å². The second-order valence-electron chi connectivity index (χ2n) is 6.34. The molecule has 9 heteroatoms. The van der Waals surface area contributed by atoms with Crippen LogP contribution in [0.4, 0.5) is 20.4 Å². The SMILES string of the molecule is NC(=O)c1cc(COc2ccc3nc(Nc4cccc(F)c4F)ncc3c2)ccn1. The molecule has 0 saturated heterocycles. The quantitative estimate of drug-likeness (QED) is 0.505. The van der Waals surface area contributed by atoms with Crippen molar-refractivity contribution in [1.82, 2.24) is 15.0 Å². The molecule has 0 aliphatic heterocycles. The third-order valence-electron chi connectivity index (χ3n) is 4.23. The van der Waals surface area contributed by atoms with E-state index < -0.39 is 17.5 Å². The first-order chi connectivity index (χ1) is 14.5. The molecule has 0 radical (unpaired) electrons. The van der Waals surface area contributed by atoms with Crippen LogP contribution in [-0.2, 0) is 6.61 Å². The first-order valence-electron chi connectivity index (χ1n) is 8.85. The molecule has 3 N–H and O–H groups in total. The fourth-order valence-corrected chi connectivity index (χ4v) is 2.75. The van der Waals surface area contributed by atoms with Gasteiger partial charge < -0.3 is 15.8 Å². The number of ether oxygens (including phenoxy) is 1. The average molecular weight is 407 g/mol. The van der Waals surface area contributed by atoms with Crippen LogP contribution >= 0.6 is 0 Å². The Balaban J connectivity index is 1.50. The maximum absolute atomic E-state index is 13.8. The number of rotatable bonds is 6. The number of anilines is 2. The highest BCUT2D eigenvalue weighted by molar-refractivity contribution is 5.90. The number of benzene rings is 2. The third kappa shape index (κ3) is 4.14. The first kappa shape index (κ1) is 19.2. The van der Waals surface area contributed by atoms with Gasteiger partial charge in [0.2, 0.25) is 5.95 Å². The number of primary amides is 1. The van der Waals surface area contributed by atoms with Gasteiger partial charge in [-0.1, -0.05) is 6.07 Å². The molecule has 0 aliphatic carbocycles. The van der Waals surface area contributed by atoms with E-state index in [0.29, 0.717) is 16.7 Å². The summed E-state index contributed by atoms with van der Waals surface area (Å²) >= 11 is 0. The predicted octanol–water partition coefficient (Wildman–Crippen LogP) is 3.72. The Hall–Kier alpha value is -4.14. The average Bonchev–Trinajstić information content (AvgIpc) is 2.75. The summed E-state index contributed by atoms with van der Waals surface area (Å²) in [6.45, 7) is 0.216. The van der Waals surface area contributed by atoms with Gasteiger partial charge in [-0.25, -0.2) is 18.7 Å². The monoisotopic (exact) mass is 407 g/mol. The number of hydrogen-bond acceptors (Lipinski definition) is 6. The summed E-state index contributed by atoms with van der Waals surface area (Å²) in [6.07, 6.45) is 3.04. The van der Waals surface area contributed by atoms with Crippen LogP contribution in [0, 0.1) is 11.6 Å². The summed E-state index contributed by atoms with van der Waals surface area (Å²) in [4.78, 5) is 23.5. The summed E-state index contributed by atoms with van der Waals surface area (Å²) < 4.78 is 32.9. The number of pyridine rings is 1. The Labute approximate surface area is 169 Å². The van der Waals surface area contributed by atoms with E-state index in [2.05, 4.69) is 20.3 Å². The molecule has 0 aliphatic rings. The van der Waals surface area contributed by atoms with E-state index in [0.717, 1.165) is 11.6 Å². The first-order valence-corrected chi connectivity index (χ1v) is 8.85. The maximum atomic E-state index is 13.8. The minimum absolute atomic E-state index is 0.0537. The lowest BCUT2D eigenvalue weighted by Crippen LogP contribution is -2.13. The van der Waals surface area contributed by atoms with E-state index >= 15 is 0 Å². The summed E-state index contributed by atoms with van der Waals surface area (Å²) in [6, 6.07) is 12.3. The Morgan fingerprint density at radius 1 is 1.10 bits per heavy atom. The van der Waals surface area contributed by atoms with E-state index in [1.165, 1.54) is 18.3 Å². The Bertz CT molecular complexity index is 1250. The van der Waals surface area contributed by atoms with Crippen LogP contribution in [0.1, 0.15) is 16.1 Å². The minimum atomic E-state index is -0.999. The van der Waals surface area contributed by atoms with E-state index in [-0.39, 0.29) is 23.9 Å². The fraction of sp³-hybridized carbons (Fsp3) is 0.0476. The lowest BCUT2D eigenvalue weighted by Gasteiger charge is -2.09. The lowest BCUT2D eigenvalue weighted by molar-refractivity contribution is 0.0995. The lowest BCUT2D eigenvalue weighted by atomic mass is 10.2. The number of halogens is 2. The van der Waals surface area contributed by atoms with Crippen molar-refractivity contribution in [2.75, 3.05) is 5.32 Å². The number of carbonyl (C=O) groups excluding carboxylic acids is 1. The van der Waals surface area contributed by atoms with E-state index in [9.17, 15) is 13.6 Å². The molecule has 4 rings (SSSR count). The van der Waals surface area contributed by atoms with Crippen molar-refractivity contribution < 1.29 is 18.3 Å². The summed E-state index contributed by atoms with van der Waals surface area (Å²) in [7, 11) is 0. The number of carbonyl (C=O) groups is 1. The molecule has 2 aromatic carbocycles. The van der Waals surface area contributed by atoms with Gasteiger partial charge >= 0.3 is 0 Å². The third-order valence-corrected chi connectivity index (χ3v) is 4.23. The summed E-state index contributed by atoms with van der Waals surface area (Å²) in [5.41, 5.74) is 6.68. The smallest absolute Gasteiger partial charge is 0.267 e. The van der Waals surface area contributed by atoms with Crippen LogP contribution in [0.3, 0.4) is 0 Å². The van der Waals surface area contributed by atoms with Crippen LogP contribution in [0.15, 0.2) is 60.9 Å². The van der Waals surface area contributed by atoms with Crippen molar-refractivity contribution in [2.24, 2.45) is 5.73 Å². The predicted molar refractivity (Wildman–Crippen MR) is 106 cm³/mol. The van der Waals surface area contributed by atoms with Crippen molar-refractivity contribution in [3.8, 4) is 5.75 Å². The number of aromatic nitrogens is 3. The maximum Gasteiger partial charge on any atom is 0.267 e. The number of amides is 1. The number of nitrogens with two attached hydrogens (primary N) is 1. The molecular weight excluding hydrogens is 392 g/mol. The second kappa shape index (κ2) is 8.08. The zero-order valence-corrected chi connectivity index (χ0v) is 15.5. The van der Waals surface area contributed by atoms with Gasteiger partial charge in [0, 0.05) is 17.8 Å². The van der Waals surface area contributed by atoms with Gasteiger partial charge in [0.1, 0.15) is 18.1 Å². The Morgan fingerprint density at radius 2 is 1.97 bits per heavy atom. The van der Waals surface area contributed by atoms with Crippen molar-refractivity contribution >= 4 is 28.4 Å². The number of nitrogens with one attached hydrogen (secondary N) is 1. The topological polar surface area (TPSA) is 103 Å². The van der Waals surface area contributed by atoms with Gasteiger partial charge in [-0.2, -0.15) is 0 Å². The zero-order valence-electron chi connectivity index (χ0n) is 15.5. The van der Waals surface area contributed by atoms with Crippen molar-refractivity contribution in [2.45, 2.75) is 6.61 Å².